The molecule has 80 heavy (non-hydrogen) atoms. The monoisotopic (exact) mass is 1180 g/mol. The Morgan fingerprint density at radius 1 is 0.350 bits per heavy atom. The molecule has 0 radical (unpaired) electrons. The molecule has 0 amide bonds. The molecule has 0 aliphatic heterocycles. The van der Waals surface area contributed by atoms with Gasteiger partial charge < -0.3 is 33.8 Å². The van der Waals surface area contributed by atoms with Gasteiger partial charge in [-0.1, -0.05) is 253 Å². The predicted octanol–water partition coefficient (Wildman–Crippen LogP) is 16.6. The number of hydrogen-bond donors (Lipinski definition) is 3. The van der Waals surface area contributed by atoms with Crippen LogP contribution in [0.15, 0.2) is 0 Å². The average Bonchev–Trinajstić information content (AvgIpc) is 3.43. The van der Waals surface area contributed by atoms with E-state index in [0.717, 1.165) is 115 Å². The fourth-order valence-corrected chi connectivity index (χ4v) is 10.6. The molecule has 0 bridgehead atoms. The number of rotatable bonds is 61. The fourth-order valence-electron chi connectivity index (χ4n) is 9.02. The highest BCUT2D eigenvalue weighted by Gasteiger charge is 2.30. The first kappa shape index (κ1) is 78.1. The van der Waals surface area contributed by atoms with Crippen molar-refractivity contribution in [1.29, 1.82) is 0 Å². The van der Waals surface area contributed by atoms with Crippen LogP contribution in [0.2, 0.25) is 0 Å². The molecule has 0 aromatic heterocycles. The van der Waals surface area contributed by atoms with Crippen molar-refractivity contribution in [3.05, 3.63) is 0 Å². The quantitative estimate of drug-likeness (QED) is 0.0222. The highest BCUT2D eigenvalue weighted by Crippen LogP contribution is 2.45. The first-order valence-corrected chi connectivity index (χ1v) is 35.2. The maximum absolute atomic E-state index is 12.9. The van der Waals surface area contributed by atoms with Gasteiger partial charge in [-0.05, 0) is 31.6 Å². The van der Waals surface area contributed by atoms with Gasteiger partial charge in [0.05, 0.1) is 26.4 Å². The van der Waals surface area contributed by atoms with Crippen LogP contribution in [0, 0.1) is 5.92 Å². The van der Waals surface area contributed by atoms with E-state index >= 15 is 0 Å². The van der Waals surface area contributed by atoms with Crippen LogP contribution in [-0.2, 0) is 65.4 Å². The molecule has 19 heteroatoms. The van der Waals surface area contributed by atoms with Crippen molar-refractivity contribution in [2.24, 2.45) is 5.92 Å². The van der Waals surface area contributed by atoms with Crippen LogP contribution in [0.5, 0.6) is 0 Å². The second-order valence-electron chi connectivity index (χ2n) is 22.3. The number of aliphatic hydroxyl groups is 1. The summed E-state index contributed by atoms with van der Waals surface area (Å²) in [5.41, 5.74) is 0. The Hall–Kier alpha value is -1.94. The molecular weight excluding hydrogens is 1070 g/mol. The molecule has 17 nitrogen and oxygen atoms in total. The molecular formula is C61H118O17P2. The molecule has 0 saturated heterocycles. The van der Waals surface area contributed by atoms with Gasteiger partial charge in [0.1, 0.15) is 19.3 Å². The molecule has 3 unspecified atom stereocenters. The molecule has 0 fully saturated rings. The van der Waals surface area contributed by atoms with E-state index in [1.54, 1.807) is 0 Å². The Morgan fingerprint density at radius 3 is 0.887 bits per heavy atom. The number of ether oxygens (including phenoxy) is 4. The molecule has 474 valence electrons. The summed E-state index contributed by atoms with van der Waals surface area (Å²) in [4.78, 5) is 71.7. The Labute approximate surface area is 486 Å². The number of esters is 4. The summed E-state index contributed by atoms with van der Waals surface area (Å²) in [6.45, 7) is 7.05. The zero-order valence-corrected chi connectivity index (χ0v) is 53.0. The van der Waals surface area contributed by atoms with Crippen LogP contribution >= 0.6 is 15.6 Å². The van der Waals surface area contributed by atoms with Gasteiger partial charge in [0, 0.05) is 25.7 Å². The van der Waals surface area contributed by atoms with Crippen LogP contribution in [0.3, 0.4) is 0 Å². The van der Waals surface area contributed by atoms with Gasteiger partial charge in [-0.2, -0.15) is 0 Å². The summed E-state index contributed by atoms with van der Waals surface area (Å²) in [7, 11) is -9.87. The van der Waals surface area contributed by atoms with E-state index in [4.69, 9.17) is 37.0 Å². The van der Waals surface area contributed by atoms with Crippen LogP contribution in [0.4, 0.5) is 0 Å². The molecule has 0 aromatic rings. The summed E-state index contributed by atoms with van der Waals surface area (Å²) in [6.07, 6.45) is 38.0. The highest BCUT2D eigenvalue weighted by molar-refractivity contribution is 7.47. The van der Waals surface area contributed by atoms with Gasteiger partial charge in [-0.15, -0.1) is 0 Å². The summed E-state index contributed by atoms with van der Waals surface area (Å²) in [6, 6.07) is 0. The van der Waals surface area contributed by atoms with Gasteiger partial charge in [-0.3, -0.25) is 37.3 Å². The molecule has 0 aromatic carbocycles. The van der Waals surface area contributed by atoms with Gasteiger partial charge in [0.2, 0.25) is 0 Å². The number of carbonyl (C=O) groups is 4. The summed E-state index contributed by atoms with van der Waals surface area (Å²) in [5.74, 6) is -1.37. The zero-order chi connectivity index (χ0) is 59.2. The van der Waals surface area contributed by atoms with E-state index < -0.39 is 97.5 Å². The lowest BCUT2D eigenvalue weighted by Crippen LogP contribution is -2.30. The molecule has 0 aliphatic carbocycles. The van der Waals surface area contributed by atoms with E-state index in [1.165, 1.54) is 109 Å². The molecule has 0 rings (SSSR count). The van der Waals surface area contributed by atoms with E-state index in [2.05, 4.69) is 34.6 Å². The third-order valence-corrected chi connectivity index (χ3v) is 16.3. The normalized spacial score (nSPS) is 14.7. The molecule has 0 spiro atoms. The minimum absolute atomic E-state index is 0.103. The summed E-state index contributed by atoms with van der Waals surface area (Å²) in [5, 5.41) is 10.5. The molecule has 3 N–H and O–H groups in total. The minimum atomic E-state index is -4.94. The maximum atomic E-state index is 12.9. The van der Waals surface area contributed by atoms with Gasteiger partial charge in [0.25, 0.3) is 0 Å². The van der Waals surface area contributed by atoms with E-state index in [1.807, 2.05) is 0 Å². The summed E-state index contributed by atoms with van der Waals surface area (Å²) >= 11 is 0. The largest absolute Gasteiger partial charge is 0.472 e. The maximum Gasteiger partial charge on any atom is 0.472 e. The standard InChI is InChI=1S/C61H118O17P2/c1-6-10-13-16-18-19-20-21-22-23-24-25-26-32-37-42-47-61(66)78-57(51-72-59(64)45-40-35-31-28-27-30-34-38-43-54(5)9-4)53-76-80(69,70)74-49-55(62)48-73-79(67,68)75-52-56(50-71-58(63)44-39-33-15-12-8-3)77-60(65)46-41-36-29-17-14-11-7-2/h54-57,62H,6-53H2,1-5H3,(H,67,68)(H,69,70)/t54?,55-,56+,57+/m0/s1. The fraction of sp³-hybridized carbons (Fsp3) is 0.934. The van der Waals surface area contributed by atoms with Crippen molar-refractivity contribution in [2.75, 3.05) is 39.6 Å². The van der Waals surface area contributed by atoms with Gasteiger partial charge in [0.15, 0.2) is 12.2 Å². The van der Waals surface area contributed by atoms with Gasteiger partial charge >= 0.3 is 39.5 Å². The first-order valence-electron chi connectivity index (χ1n) is 32.2. The van der Waals surface area contributed by atoms with Crippen LogP contribution in [0.25, 0.3) is 0 Å². The number of phosphoric acid groups is 2. The topological polar surface area (TPSA) is 237 Å². The molecule has 0 heterocycles. The zero-order valence-electron chi connectivity index (χ0n) is 51.2. The van der Waals surface area contributed by atoms with Crippen molar-refractivity contribution in [2.45, 2.75) is 323 Å². The highest BCUT2D eigenvalue weighted by atomic mass is 31.2. The minimum Gasteiger partial charge on any atom is -0.462 e. The van der Waals surface area contributed by atoms with Crippen molar-refractivity contribution < 1.29 is 80.2 Å². The van der Waals surface area contributed by atoms with E-state index in [0.29, 0.717) is 25.7 Å². The predicted molar refractivity (Wildman–Crippen MR) is 317 cm³/mol. The Kier molecular flexibility index (Phi) is 53.6. The number of aliphatic hydroxyl groups excluding tert-OH is 1. The van der Waals surface area contributed by atoms with Crippen LogP contribution in [-0.4, -0.2) is 96.7 Å². The second-order valence-corrected chi connectivity index (χ2v) is 25.2. The lowest BCUT2D eigenvalue weighted by Gasteiger charge is -2.21. The smallest absolute Gasteiger partial charge is 0.462 e. The lowest BCUT2D eigenvalue weighted by atomic mass is 9.99. The van der Waals surface area contributed by atoms with Gasteiger partial charge in [-0.25, -0.2) is 9.13 Å². The number of hydrogen-bond acceptors (Lipinski definition) is 15. The third-order valence-electron chi connectivity index (χ3n) is 14.4. The second kappa shape index (κ2) is 55.0. The number of phosphoric ester groups is 2. The third kappa shape index (κ3) is 54.0. The molecule has 0 aliphatic rings. The van der Waals surface area contributed by atoms with Crippen molar-refractivity contribution >= 4 is 39.5 Å². The van der Waals surface area contributed by atoms with E-state index in [-0.39, 0.29) is 25.7 Å². The van der Waals surface area contributed by atoms with E-state index in [9.17, 15) is 43.2 Å². The SMILES string of the molecule is CCCCCCCCCCCCCCCCCCC(=O)O[C@H](COC(=O)CCCCCCCCCCC(C)CC)COP(=O)(O)OC[C@@H](O)COP(=O)(O)OC[C@@H](COC(=O)CCCCCCC)OC(=O)CCCCCCCCC. The number of unbranched alkanes of at least 4 members (excludes halogenated alkanes) is 32. The van der Waals surface area contributed by atoms with Crippen molar-refractivity contribution in [3.8, 4) is 0 Å². The molecule has 0 saturated carbocycles. The lowest BCUT2D eigenvalue weighted by molar-refractivity contribution is -0.161. The van der Waals surface area contributed by atoms with Crippen LogP contribution in [0.1, 0.15) is 304 Å². The Morgan fingerprint density at radius 2 is 0.600 bits per heavy atom. The first-order chi connectivity index (χ1) is 38.6. The van der Waals surface area contributed by atoms with Crippen molar-refractivity contribution in [3.63, 3.8) is 0 Å². The Bertz CT molecular complexity index is 1570. The Balaban J connectivity index is 5.15. The molecule has 6 atom stereocenters. The number of carbonyl (C=O) groups excluding carboxylic acids is 4. The average molecular weight is 1190 g/mol. The van der Waals surface area contributed by atoms with Crippen LogP contribution < -0.4 is 0 Å². The summed E-state index contributed by atoms with van der Waals surface area (Å²) < 4.78 is 67.6. The van der Waals surface area contributed by atoms with Crippen molar-refractivity contribution in [1.82, 2.24) is 0 Å².